The molecule has 0 rings (SSSR count). The number of rotatable bonds is 0. The molecule has 0 atom stereocenters. The maximum absolute atomic E-state index is 8.58. The topological polar surface area (TPSA) is 446 Å². The van der Waals surface area contributed by atoms with E-state index in [0.717, 1.165) is 0 Å². The van der Waals surface area contributed by atoms with E-state index in [0.29, 0.717) is 0 Å². The van der Waals surface area contributed by atoms with Gasteiger partial charge in [-0.2, -0.15) is 0 Å². The van der Waals surface area contributed by atoms with Crippen LogP contribution in [0.2, 0.25) is 0 Å². The van der Waals surface area contributed by atoms with Gasteiger partial charge in [-0.15, -0.1) is 0 Å². The molecule has 24 nitrogen and oxygen atoms in total. The van der Waals surface area contributed by atoms with Crippen LogP contribution in [0.3, 0.4) is 0 Å². The van der Waals surface area contributed by atoms with E-state index in [1.54, 1.807) is 0 Å². The Morgan fingerprint density at radius 1 is 0.250 bits per heavy atom. The van der Waals surface area contributed by atoms with Crippen LogP contribution in [0, 0.1) is 0 Å². The summed E-state index contributed by atoms with van der Waals surface area (Å²) in [5, 5.41) is 0. The third kappa shape index (κ3) is 13100. The molecule has 32 heteroatoms. The van der Waals surface area contributed by atoms with Crippen molar-refractivity contribution in [3.63, 3.8) is 0 Å². The fourth-order valence-electron chi connectivity index (χ4n) is 0. The van der Waals surface area contributed by atoms with Gasteiger partial charge >= 0.3 is 242 Å². The molecule has 0 saturated heterocycles. The molecule has 0 N–H and O–H groups in total. The van der Waals surface area contributed by atoms with Crippen molar-refractivity contribution in [1.82, 2.24) is 0 Å². The first kappa shape index (κ1) is 54.4. The van der Waals surface area contributed by atoms with Crippen LogP contribution < -0.4 is 76.5 Å². The van der Waals surface area contributed by atoms with Crippen molar-refractivity contribution in [2.75, 3.05) is 0 Å². The van der Waals surface area contributed by atoms with Gasteiger partial charge in [0.25, 0.3) is 0 Å². The Bertz CT molecular complexity index is 1090. The summed E-state index contributed by atoms with van der Waals surface area (Å²) < 4.78 is 206. The Labute approximate surface area is 238 Å². The Morgan fingerprint density at radius 3 is 0.250 bits per heavy atom. The zero-order valence-corrected chi connectivity index (χ0v) is 25.1. The normalized spacial score (nSPS) is 10.7. The molecule has 0 aliphatic carbocycles. The van der Waals surface area contributed by atoms with Crippen LogP contribution in [0.15, 0.2) is 0 Å². The minimum absolute atomic E-state index is 0. The van der Waals surface area contributed by atoms with Gasteiger partial charge in [0.2, 0.25) is 0 Å². The van der Waals surface area contributed by atoms with Gasteiger partial charge in [0.05, 0.1) is 0 Å². The largest absolute Gasteiger partial charge is 5.00 e. The maximum atomic E-state index is 8.58. The van der Waals surface area contributed by atoms with Gasteiger partial charge in [-0.3, -0.25) is 0 Å². The van der Waals surface area contributed by atoms with Crippen molar-refractivity contribution in [2.24, 2.45) is 0 Å². The van der Waals surface area contributed by atoms with Crippen LogP contribution in [0.1, 0.15) is 0 Å². The van der Waals surface area contributed by atoms with Crippen molar-refractivity contribution in [2.45, 2.75) is 0 Å². The third-order valence-corrected chi connectivity index (χ3v) is 0. The molecule has 0 saturated carbocycles. The van der Waals surface area contributed by atoms with Crippen LogP contribution in [0.25, 0.3) is 0 Å². The van der Waals surface area contributed by atoms with E-state index in [1.165, 1.54) is 0 Å². The summed E-state index contributed by atoms with van der Waals surface area (Å²) in [6.07, 6.45) is 0. The van der Waals surface area contributed by atoms with Gasteiger partial charge < -0.3 is 0 Å². The van der Waals surface area contributed by atoms with Gasteiger partial charge in [-0.25, -0.2) is 0 Å². The molecule has 0 spiro atoms. The van der Waals surface area contributed by atoms with Gasteiger partial charge in [0.15, 0.2) is 0 Å². The van der Waals surface area contributed by atoms with Crippen LogP contribution >= 0.6 is 0 Å². The smallest absolute Gasteiger partial charge is 5.00 e. The Kier molecular flexibility index (Phi) is 39.0. The van der Waals surface area contributed by atoms with Gasteiger partial charge in [-0.1, -0.05) is 0 Å². The molecule has 0 aromatic carbocycles. The summed E-state index contributed by atoms with van der Waals surface area (Å²) in [5.74, 6) is 0. The van der Waals surface area contributed by atoms with E-state index >= 15 is 0 Å². The Morgan fingerprint density at radius 2 is 0.250 bits per heavy atom. The molecule has 0 aromatic heterocycles. The summed E-state index contributed by atoms with van der Waals surface area (Å²) in [6, 6.07) is 0. The summed E-state index contributed by atoms with van der Waals surface area (Å²) in [7, 11) is 0. The van der Waals surface area contributed by atoms with Crippen molar-refractivity contribution in [1.29, 1.82) is 0 Å². The second kappa shape index (κ2) is 22.9. The molecule has 0 fully saturated rings. The minimum atomic E-state index is -5.62. The SMILES string of the molecule is [K+].[O]=[Mn](=[O])(=[O])[O-].[O]=[Mn](=[O])(=[O])[O-].[O]=[Mn](=[O])(=[O])[O-].[O]=[Mn](=[O])(=[O])[O-].[O]=[Mn](=[O])(=[O])[O-].[O]=[Mn](=[O])(=[O])[O-].[V+5]. The quantitative estimate of drug-likeness (QED) is 0.205. The predicted octanol–water partition coefficient (Wildman–Crippen LogP) is -12.3. The van der Waals surface area contributed by atoms with Gasteiger partial charge in [0, 0.05) is 0 Å². The van der Waals surface area contributed by atoms with E-state index < -0.39 is 77.8 Å². The fourth-order valence-corrected chi connectivity index (χ4v) is 0. The molecule has 0 heterocycles. The van der Waals surface area contributed by atoms with E-state index in [-0.39, 0.29) is 69.9 Å². The Balaban J connectivity index is -0.0000000356. The maximum Gasteiger partial charge on any atom is 5.00 e. The number of hydrogen-bond donors (Lipinski definition) is 0. The monoisotopic (exact) mass is 803 g/mol. The second-order valence-electron chi connectivity index (χ2n) is 2.27. The standard InChI is InChI=1S/K.6Mn.24O.V/q+1;;;;;;;;;;;;;;;;;;;;;;;;;6*-1;+5. The van der Waals surface area contributed by atoms with Crippen molar-refractivity contribution < 1.29 is 242 Å². The predicted molar refractivity (Wildman–Crippen MR) is 12.4 cm³/mol. The van der Waals surface area contributed by atoms with Crippen molar-refractivity contribution in [3.05, 3.63) is 0 Å². The molecule has 0 unspecified atom stereocenters. The molecular formula is KMn6O24V. The molecule has 0 bridgehead atoms. The summed E-state index contributed by atoms with van der Waals surface area (Å²) in [6.45, 7) is 0. The average Bonchev–Trinajstić information content (AvgIpc) is 1.94. The number of hydrogen-bond acceptors (Lipinski definition) is 24. The third-order valence-electron chi connectivity index (χ3n) is 0. The second-order valence-corrected chi connectivity index (χ2v) is 9.35. The molecule has 0 aromatic rings. The van der Waals surface area contributed by atoms with Crippen molar-refractivity contribution >= 4 is 0 Å². The van der Waals surface area contributed by atoms with E-state index in [9.17, 15) is 0 Å². The van der Waals surface area contributed by atoms with E-state index in [4.69, 9.17) is 94.2 Å². The minimum Gasteiger partial charge on any atom is 5.00 e. The summed E-state index contributed by atoms with van der Waals surface area (Å²) in [4.78, 5) is 0. The fraction of sp³-hybridized carbons (Fsp3) is 0. The Hall–Kier alpha value is 1.50. The van der Waals surface area contributed by atoms with Crippen LogP contribution in [0.4, 0.5) is 0 Å². The van der Waals surface area contributed by atoms with Crippen LogP contribution in [-0.4, -0.2) is 0 Å². The molecule has 0 amide bonds. The van der Waals surface area contributed by atoms with Gasteiger partial charge in [0.1, 0.15) is 0 Å². The van der Waals surface area contributed by atoms with E-state index in [2.05, 4.69) is 0 Å². The van der Waals surface area contributed by atoms with Crippen molar-refractivity contribution in [3.8, 4) is 0 Å². The molecule has 0 radical (unpaired) electrons. The zero-order valence-electron chi connectivity index (χ0n) is 13.5. The summed E-state index contributed by atoms with van der Waals surface area (Å²) in [5.41, 5.74) is 0. The van der Waals surface area contributed by atoms with Gasteiger partial charge in [-0.05, 0) is 0 Å². The molecule has 0 aliphatic rings. The van der Waals surface area contributed by atoms with E-state index in [1.807, 2.05) is 0 Å². The van der Waals surface area contributed by atoms with Crippen LogP contribution in [0.5, 0.6) is 0 Å². The first-order chi connectivity index (χ1) is 12.0. The zero-order chi connectivity index (χ0) is 27.0. The summed E-state index contributed by atoms with van der Waals surface area (Å²) >= 11 is -33.8. The first-order valence-electron chi connectivity index (χ1n) is 3.70. The molecule has 32 heavy (non-hydrogen) atoms. The molecule has 0 aliphatic heterocycles. The average molecular weight is 804 g/mol. The first-order valence-corrected chi connectivity index (χ1v) is 15.3. The molecular weight excluding hydrogens is 804 g/mol. The van der Waals surface area contributed by atoms with Crippen LogP contribution in [-0.2, 0) is 165 Å². The molecule has 192 valence electrons.